The Kier molecular flexibility index (Phi) is 4.51. The molecule has 3 heterocycles. The quantitative estimate of drug-likeness (QED) is 0.518. The van der Waals surface area contributed by atoms with Gasteiger partial charge in [0, 0.05) is 18.0 Å². The first kappa shape index (κ1) is 15.5. The van der Waals surface area contributed by atoms with Crippen molar-refractivity contribution in [1.29, 1.82) is 0 Å². The number of thiophene rings is 1. The SMILES string of the molecule is CCOC(=O)CSc1nc(N)c2c3c(sc2n1)CN(C)CC3. The Morgan fingerprint density at radius 2 is 2.32 bits per heavy atom. The summed E-state index contributed by atoms with van der Waals surface area (Å²) in [4.78, 5) is 24.9. The van der Waals surface area contributed by atoms with Gasteiger partial charge in [0.2, 0.25) is 0 Å². The second-order valence-corrected chi connectivity index (χ2v) is 7.18. The monoisotopic (exact) mass is 338 g/mol. The maximum Gasteiger partial charge on any atom is 0.316 e. The Balaban J connectivity index is 1.87. The van der Waals surface area contributed by atoms with E-state index in [1.54, 1.807) is 18.3 Å². The molecule has 0 saturated heterocycles. The number of hydrogen-bond donors (Lipinski definition) is 1. The number of carbonyl (C=O) groups excluding carboxylic acids is 1. The second-order valence-electron chi connectivity index (χ2n) is 5.16. The van der Waals surface area contributed by atoms with Gasteiger partial charge >= 0.3 is 5.97 Å². The third-order valence-corrected chi connectivity index (χ3v) is 5.45. The highest BCUT2D eigenvalue weighted by atomic mass is 32.2. The smallest absolute Gasteiger partial charge is 0.316 e. The van der Waals surface area contributed by atoms with Crippen molar-refractivity contribution in [3.8, 4) is 0 Å². The van der Waals surface area contributed by atoms with Crippen LogP contribution in [0.4, 0.5) is 5.82 Å². The van der Waals surface area contributed by atoms with Gasteiger partial charge < -0.3 is 15.4 Å². The minimum atomic E-state index is -0.262. The average molecular weight is 338 g/mol. The number of rotatable bonds is 4. The molecule has 0 radical (unpaired) electrons. The Labute approximate surface area is 137 Å². The van der Waals surface area contributed by atoms with E-state index >= 15 is 0 Å². The summed E-state index contributed by atoms with van der Waals surface area (Å²) in [5.41, 5.74) is 7.43. The summed E-state index contributed by atoms with van der Waals surface area (Å²) >= 11 is 2.94. The fraction of sp³-hybridized carbons (Fsp3) is 0.500. The highest BCUT2D eigenvalue weighted by Crippen LogP contribution is 2.37. The number of anilines is 1. The first-order chi connectivity index (χ1) is 10.6. The van der Waals surface area contributed by atoms with Crippen LogP contribution in [0.3, 0.4) is 0 Å². The number of nitrogen functional groups attached to an aromatic ring is 1. The van der Waals surface area contributed by atoms with Crippen molar-refractivity contribution in [2.75, 3.05) is 31.7 Å². The van der Waals surface area contributed by atoms with E-state index in [0.717, 1.165) is 29.7 Å². The summed E-state index contributed by atoms with van der Waals surface area (Å²) in [5.74, 6) is 0.451. The molecule has 0 saturated carbocycles. The van der Waals surface area contributed by atoms with E-state index in [9.17, 15) is 4.79 Å². The van der Waals surface area contributed by atoms with Crippen molar-refractivity contribution in [2.24, 2.45) is 0 Å². The molecule has 8 heteroatoms. The molecule has 0 spiro atoms. The summed E-state index contributed by atoms with van der Waals surface area (Å²) in [5, 5.41) is 1.53. The van der Waals surface area contributed by atoms with Crippen LogP contribution >= 0.6 is 23.1 Å². The molecule has 0 fully saturated rings. The van der Waals surface area contributed by atoms with E-state index in [4.69, 9.17) is 10.5 Å². The van der Waals surface area contributed by atoms with E-state index < -0.39 is 0 Å². The number of thioether (sulfide) groups is 1. The Morgan fingerprint density at radius 3 is 3.09 bits per heavy atom. The molecule has 2 N–H and O–H groups in total. The van der Waals surface area contributed by atoms with Gasteiger partial charge in [-0.15, -0.1) is 11.3 Å². The minimum absolute atomic E-state index is 0.201. The Bertz CT molecular complexity index is 716. The van der Waals surface area contributed by atoms with Crippen LogP contribution < -0.4 is 5.73 Å². The first-order valence-electron chi connectivity index (χ1n) is 7.13. The number of carbonyl (C=O) groups is 1. The zero-order valence-corrected chi connectivity index (χ0v) is 14.2. The number of nitrogens with zero attached hydrogens (tertiary/aromatic N) is 3. The second kappa shape index (κ2) is 6.39. The summed E-state index contributed by atoms with van der Waals surface area (Å²) in [6, 6.07) is 0. The maximum atomic E-state index is 11.4. The maximum absolute atomic E-state index is 11.4. The lowest BCUT2D eigenvalue weighted by Crippen LogP contribution is -2.25. The van der Waals surface area contributed by atoms with Gasteiger partial charge in [-0.1, -0.05) is 11.8 Å². The number of ether oxygens (including phenoxy) is 1. The Hall–Kier alpha value is -1.38. The lowest BCUT2D eigenvalue weighted by Gasteiger charge is -2.22. The number of esters is 1. The number of nitrogens with two attached hydrogens (primary N) is 1. The fourth-order valence-corrected chi connectivity index (χ4v) is 4.54. The highest BCUT2D eigenvalue weighted by molar-refractivity contribution is 7.99. The van der Waals surface area contributed by atoms with Crippen molar-refractivity contribution >= 4 is 45.1 Å². The van der Waals surface area contributed by atoms with Crippen LogP contribution in [0.2, 0.25) is 0 Å². The molecule has 22 heavy (non-hydrogen) atoms. The summed E-state index contributed by atoms with van der Waals surface area (Å²) in [6.45, 7) is 4.13. The summed E-state index contributed by atoms with van der Waals surface area (Å²) in [7, 11) is 2.11. The molecular formula is C14H18N4O2S2. The van der Waals surface area contributed by atoms with Crippen LogP contribution in [0.5, 0.6) is 0 Å². The van der Waals surface area contributed by atoms with Crippen LogP contribution in [0, 0.1) is 0 Å². The third kappa shape index (κ3) is 3.04. The van der Waals surface area contributed by atoms with Gasteiger partial charge in [0.05, 0.1) is 17.7 Å². The molecule has 1 aliphatic heterocycles. The van der Waals surface area contributed by atoms with Gasteiger partial charge in [-0.25, -0.2) is 9.97 Å². The number of fused-ring (bicyclic) bond motifs is 3. The van der Waals surface area contributed by atoms with Gasteiger partial charge in [-0.3, -0.25) is 4.79 Å². The van der Waals surface area contributed by atoms with Crippen LogP contribution in [0.15, 0.2) is 5.16 Å². The lowest BCUT2D eigenvalue weighted by molar-refractivity contribution is -0.139. The molecule has 3 rings (SSSR count). The van der Waals surface area contributed by atoms with Crippen molar-refractivity contribution in [3.05, 3.63) is 10.4 Å². The number of aromatic nitrogens is 2. The molecular weight excluding hydrogens is 320 g/mol. The summed E-state index contributed by atoms with van der Waals surface area (Å²) < 4.78 is 4.91. The van der Waals surface area contributed by atoms with Gasteiger partial charge in [-0.05, 0) is 26.0 Å². The van der Waals surface area contributed by atoms with Crippen molar-refractivity contribution in [2.45, 2.75) is 25.0 Å². The third-order valence-electron chi connectivity index (χ3n) is 3.52. The number of likely N-dealkylation sites (N-methyl/N-ethyl adjacent to an activating group) is 1. The molecule has 6 nitrogen and oxygen atoms in total. The summed E-state index contributed by atoms with van der Waals surface area (Å²) in [6.07, 6.45) is 0.981. The normalized spacial score (nSPS) is 15.0. The topological polar surface area (TPSA) is 81.3 Å². The zero-order valence-electron chi connectivity index (χ0n) is 12.6. The molecule has 1 aliphatic rings. The van der Waals surface area contributed by atoms with Gasteiger partial charge in [-0.2, -0.15) is 0 Å². The van der Waals surface area contributed by atoms with Crippen LogP contribution in [-0.4, -0.2) is 46.8 Å². The minimum Gasteiger partial charge on any atom is -0.465 e. The molecule has 118 valence electrons. The van der Waals surface area contributed by atoms with Gasteiger partial charge in [0.15, 0.2) is 5.16 Å². The molecule has 0 unspecified atom stereocenters. The van der Waals surface area contributed by atoms with Gasteiger partial charge in [0.1, 0.15) is 10.6 Å². The van der Waals surface area contributed by atoms with Crippen LogP contribution in [-0.2, 0) is 22.5 Å². The van der Waals surface area contributed by atoms with E-state index in [2.05, 4.69) is 21.9 Å². The standard InChI is InChI=1S/C14H18N4O2S2/c1-3-20-10(19)7-21-14-16-12(15)11-8-4-5-18(2)6-9(8)22-13(11)17-14/h3-7H2,1-2H3,(H2,15,16,17). The Morgan fingerprint density at radius 1 is 1.50 bits per heavy atom. The van der Waals surface area contributed by atoms with Crippen molar-refractivity contribution in [1.82, 2.24) is 14.9 Å². The zero-order chi connectivity index (χ0) is 15.7. The van der Waals surface area contributed by atoms with Crippen molar-refractivity contribution in [3.63, 3.8) is 0 Å². The molecule has 2 aromatic heterocycles. The molecule has 0 bridgehead atoms. The van der Waals surface area contributed by atoms with Crippen LogP contribution in [0.1, 0.15) is 17.4 Å². The van der Waals surface area contributed by atoms with E-state index in [1.165, 1.54) is 22.2 Å². The molecule has 0 atom stereocenters. The van der Waals surface area contributed by atoms with E-state index in [1.807, 2.05) is 0 Å². The largest absolute Gasteiger partial charge is 0.465 e. The molecule has 0 aliphatic carbocycles. The van der Waals surface area contributed by atoms with Crippen molar-refractivity contribution < 1.29 is 9.53 Å². The predicted octanol–water partition coefficient (Wildman–Crippen LogP) is 1.92. The van der Waals surface area contributed by atoms with Gasteiger partial charge in [0.25, 0.3) is 0 Å². The average Bonchev–Trinajstić information content (AvgIpc) is 2.83. The lowest BCUT2D eigenvalue weighted by atomic mass is 10.1. The predicted molar refractivity (Wildman–Crippen MR) is 89.2 cm³/mol. The van der Waals surface area contributed by atoms with Crippen LogP contribution in [0.25, 0.3) is 10.2 Å². The number of hydrogen-bond acceptors (Lipinski definition) is 8. The first-order valence-corrected chi connectivity index (χ1v) is 8.93. The fourth-order valence-electron chi connectivity index (χ4n) is 2.52. The molecule has 2 aromatic rings. The molecule has 0 amide bonds. The van der Waals surface area contributed by atoms with E-state index in [-0.39, 0.29) is 11.7 Å². The molecule has 0 aromatic carbocycles. The highest BCUT2D eigenvalue weighted by Gasteiger charge is 2.22. The van der Waals surface area contributed by atoms with E-state index in [0.29, 0.717) is 17.6 Å².